The molecule has 1 aliphatic carbocycles. The van der Waals surface area contributed by atoms with Crippen LogP contribution in [-0.2, 0) is 6.18 Å². The van der Waals surface area contributed by atoms with Gasteiger partial charge in [-0.25, -0.2) is 4.39 Å². The van der Waals surface area contributed by atoms with Crippen LogP contribution in [0.2, 0.25) is 0 Å². The van der Waals surface area contributed by atoms with Crippen molar-refractivity contribution in [1.82, 2.24) is 0 Å². The summed E-state index contributed by atoms with van der Waals surface area (Å²) in [5.41, 5.74) is -1.01. The van der Waals surface area contributed by atoms with Crippen LogP contribution >= 0.6 is 0 Å². The molecule has 0 atom stereocenters. The molecule has 0 saturated heterocycles. The lowest BCUT2D eigenvalue weighted by Gasteiger charge is -2.26. The molecule has 5 heteroatoms. The maximum absolute atomic E-state index is 13.0. The standard InChI is InChI=1S/C11H10F4O/c12-8-4-7(11(13,14)15)5-10(6-8)16-9-2-1-3-9/h4-6,9H,1-3H2. The van der Waals surface area contributed by atoms with Crippen molar-refractivity contribution in [3.05, 3.63) is 29.6 Å². The maximum atomic E-state index is 13.0. The molecular weight excluding hydrogens is 224 g/mol. The second kappa shape index (κ2) is 3.96. The summed E-state index contributed by atoms with van der Waals surface area (Å²) in [6.45, 7) is 0. The summed E-state index contributed by atoms with van der Waals surface area (Å²) in [5, 5.41) is 0. The fraction of sp³-hybridized carbons (Fsp3) is 0.455. The van der Waals surface area contributed by atoms with Crippen LogP contribution in [0.4, 0.5) is 17.6 Å². The largest absolute Gasteiger partial charge is 0.490 e. The number of alkyl halides is 3. The molecule has 0 amide bonds. The summed E-state index contributed by atoms with van der Waals surface area (Å²) in [4.78, 5) is 0. The fourth-order valence-electron chi connectivity index (χ4n) is 1.48. The molecule has 1 aliphatic rings. The molecule has 1 nitrogen and oxygen atoms in total. The summed E-state index contributed by atoms with van der Waals surface area (Å²) in [6.07, 6.45) is -1.97. The Labute approximate surface area is 90.0 Å². The Kier molecular flexibility index (Phi) is 2.78. The highest BCUT2D eigenvalue weighted by Crippen LogP contribution is 2.33. The predicted molar refractivity (Wildman–Crippen MR) is 49.7 cm³/mol. The molecule has 2 rings (SSSR count). The smallest absolute Gasteiger partial charge is 0.416 e. The van der Waals surface area contributed by atoms with Crippen molar-refractivity contribution in [2.45, 2.75) is 31.5 Å². The molecule has 1 fully saturated rings. The molecule has 1 saturated carbocycles. The maximum Gasteiger partial charge on any atom is 0.416 e. The van der Waals surface area contributed by atoms with E-state index in [0.29, 0.717) is 6.07 Å². The first-order chi connectivity index (χ1) is 7.45. The minimum Gasteiger partial charge on any atom is -0.490 e. The van der Waals surface area contributed by atoms with E-state index in [1.54, 1.807) is 0 Å². The number of ether oxygens (including phenoxy) is 1. The number of rotatable bonds is 2. The first kappa shape index (κ1) is 11.2. The normalized spacial score (nSPS) is 17.0. The molecule has 0 unspecified atom stereocenters. The van der Waals surface area contributed by atoms with E-state index in [4.69, 9.17) is 4.74 Å². The highest BCUT2D eigenvalue weighted by atomic mass is 19.4. The summed E-state index contributed by atoms with van der Waals surface area (Å²) < 4.78 is 55.3. The summed E-state index contributed by atoms with van der Waals surface area (Å²) in [7, 11) is 0. The molecule has 0 radical (unpaired) electrons. The van der Waals surface area contributed by atoms with E-state index in [0.717, 1.165) is 31.4 Å². The summed E-state index contributed by atoms with van der Waals surface area (Å²) in [5.74, 6) is -0.971. The Balaban J connectivity index is 2.21. The molecule has 0 aromatic heterocycles. The van der Waals surface area contributed by atoms with Gasteiger partial charge in [0.15, 0.2) is 0 Å². The molecule has 0 N–H and O–H groups in total. The van der Waals surface area contributed by atoms with Crippen molar-refractivity contribution in [3.8, 4) is 5.75 Å². The van der Waals surface area contributed by atoms with Crippen LogP contribution in [0.25, 0.3) is 0 Å². The van der Waals surface area contributed by atoms with Gasteiger partial charge in [0.25, 0.3) is 0 Å². The molecule has 1 aromatic carbocycles. The number of halogens is 4. The van der Waals surface area contributed by atoms with Gasteiger partial charge >= 0.3 is 6.18 Å². The Morgan fingerprint density at radius 1 is 1.12 bits per heavy atom. The van der Waals surface area contributed by atoms with Gasteiger partial charge in [-0.15, -0.1) is 0 Å². The second-order valence-corrected chi connectivity index (χ2v) is 3.84. The average Bonchev–Trinajstić information content (AvgIpc) is 2.09. The molecule has 1 aromatic rings. The van der Waals surface area contributed by atoms with Crippen LogP contribution in [0.5, 0.6) is 5.75 Å². The number of hydrogen-bond acceptors (Lipinski definition) is 1. The number of benzene rings is 1. The van der Waals surface area contributed by atoms with Crippen molar-refractivity contribution < 1.29 is 22.3 Å². The van der Waals surface area contributed by atoms with Gasteiger partial charge < -0.3 is 4.74 Å². The van der Waals surface area contributed by atoms with E-state index in [-0.39, 0.29) is 11.9 Å². The third-order valence-electron chi connectivity index (χ3n) is 2.55. The van der Waals surface area contributed by atoms with Gasteiger partial charge in [-0.3, -0.25) is 0 Å². The third kappa shape index (κ3) is 2.46. The van der Waals surface area contributed by atoms with E-state index in [1.165, 1.54) is 0 Å². The zero-order chi connectivity index (χ0) is 11.8. The molecule has 0 aliphatic heterocycles. The van der Waals surface area contributed by atoms with Gasteiger partial charge in [0.05, 0.1) is 11.7 Å². The Bertz CT molecular complexity index is 382. The van der Waals surface area contributed by atoms with E-state index in [1.807, 2.05) is 0 Å². The molecule has 16 heavy (non-hydrogen) atoms. The Morgan fingerprint density at radius 3 is 2.31 bits per heavy atom. The Hall–Kier alpha value is -1.26. The lowest BCUT2D eigenvalue weighted by Crippen LogP contribution is -2.24. The van der Waals surface area contributed by atoms with Gasteiger partial charge in [-0.2, -0.15) is 13.2 Å². The average molecular weight is 234 g/mol. The van der Waals surface area contributed by atoms with Gasteiger partial charge in [-0.1, -0.05) is 0 Å². The van der Waals surface area contributed by atoms with Crippen LogP contribution < -0.4 is 4.74 Å². The van der Waals surface area contributed by atoms with Gasteiger partial charge in [0, 0.05) is 6.07 Å². The van der Waals surface area contributed by atoms with E-state index in [9.17, 15) is 17.6 Å². The van der Waals surface area contributed by atoms with Crippen molar-refractivity contribution in [3.63, 3.8) is 0 Å². The molecule has 0 heterocycles. The summed E-state index contributed by atoms with van der Waals surface area (Å²) >= 11 is 0. The highest BCUT2D eigenvalue weighted by molar-refractivity contribution is 5.31. The monoisotopic (exact) mass is 234 g/mol. The zero-order valence-electron chi connectivity index (χ0n) is 8.35. The third-order valence-corrected chi connectivity index (χ3v) is 2.55. The van der Waals surface area contributed by atoms with Crippen LogP contribution in [0.3, 0.4) is 0 Å². The second-order valence-electron chi connectivity index (χ2n) is 3.84. The van der Waals surface area contributed by atoms with E-state index >= 15 is 0 Å². The van der Waals surface area contributed by atoms with Gasteiger partial charge in [-0.05, 0) is 31.4 Å². The van der Waals surface area contributed by atoms with Crippen LogP contribution in [-0.4, -0.2) is 6.10 Å². The summed E-state index contributed by atoms with van der Waals surface area (Å²) in [6, 6.07) is 2.28. The van der Waals surface area contributed by atoms with Crippen molar-refractivity contribution >= 4 is 0 Å². The predicted octanol–water partition coefficient (Wildman–Crippen LogP) is 3.78. The molecular formula is C11H10F4O. The first-order valence-electron chi connectivity index (χ1n) is 4.99. The number of hydrogen-bond donors (Lipinski definition) is 0. The zero-order valence-corrected chi connectivity index (χ0v) is 8.35. The van der Waals surface area contributed by atoms with Crippen molar-refractivity contribution in [2.24, 2.45) is 0 Å². The lowest BCUT2D eigenvalue weighted by molar-refractivity contribution is -0.137. The van der Waals surface area contributed by atoms with Gasteiger partial charge in [0.2, 0.25) is 0 Å². The minimum atomic E-state index is -4.54. The highest BCUT2D eigenvalue weighted by Gasteiger charge is 2.32. The lowest BCUT2D eigenvalue weighted by atomic mass is 9.96. The minimum absolute atomic E-state index is 0.0444. The molecule has 88 valence electrons. The quantitative estimate of drug-likeness (QED) is 0.707. The SMILES string of the molecule is Fc1cc(OC2CCC2)cc(C(F)(F)F)c1. The van der Waals surface area contributed by atoms with Crippen LogP contribution in [0.1, 0.15) is 24.8 Å². The molecule has 0 bridgehead atoms. The fourth-order valence-corrected chi connectivity index (χ4v) is 1.48. The van der Waals surface area contributed by atoms with Crippen LogP contribution in [0.15, 0.2) is 18.2 Å². The topological polar surface area (TPSA) is 9.23 Å². The van der Waals surface area contributed by atoms with Crippen molar-refractivity contribution in [1.29, 1.82) is 0 Å². The van der Waals surface area contributed by atoms with Crippen LogP contribution in [0, 0.1) is 5.82 Å². The Morgan fingerprint density at radius 2 is 1.81 bits per heavy atom. The molecule has 0 spiro atoms. The van der Waals surface area contributed by atoms with E-state index in [2.05, 4.69) is 0 Å². The van der Waals surface area contributed by atoms with Crippen molar-refractivity contribution in [2.75, 3.05) is 0 Å². The van der Waals surface area contributed by atoms with E-state index < -0.39 is 17.6 Å². The first-order valence-corrected chi connectivity index (χ1v) is 4.99. The van der Waals surface area contributed by atoms with Gasteiger partial charge in [0.1, 0.15) is 11.6 Å².